The van der Waals surface area contributed by atoms with Crippen LogP contribution in [0.4, 0.5) is 0 Å². The van der Waals surface area contributed by atoms with E-state index < -0.39 is 0 Å². The lowest BCUT2D eigenvalue weighted by atomic mass is 10.3. The van der Waals surface area contributed by atoms with Crippen LogP contribution in [0.3, 0.4) is 0 Å². The van der Waals surface area contributed by atoms with E-state index in [1.165, 1.54) is 11.8 Å². The standard InChI is InChI=1S/C14H11N7S/c1-2-21-13(10-4-3-7-16-9-10)19-20-14(21)22-12-6-5-11(8-15)17-18-12/h3-7,9H,2H2,1H3. The molecule has 0 atom stereocenters. The number of aromatic nitrogens is 6. The van der Waals surface area contributed by atoms with Crippen LogP contribution >= 0.6 is 11.8 Å². The molecule has 0 spiro atoms. The summed E-state index contributed by atoms with van der Waals surface area (Å²) >= 11 is 1.36. The van der Waals surface area contributed by atoms with Gasteiger partial charge in [0, 0.05) is 24.5 Å². The fourth-order valence-corrected chi connectivity index (χ4v) is 2.70. The molecule has 8 heteroatoms. The van der Waals surface area contributed by atoms with Crippen molar-refractivity contribution in [2.45, 2.75) is 23.7 Å². The molecule has 0 aromatic carbocycles. The summed E-state index contributed by atoms with van der Waals surface area (Å²) in [7, 11) is 0. The maximum atomic E-state index is 8.74. The molecule has 22 heavy (non-hydrogen) atoms. The third kappa shape index (κ3) is 2.80. The van der Waals surface area contributed by atoms with Gasteiger partial charge in [0.1, 0.15) is 11.1 Å². The van der Waals surface area contributed by atoms with Gasteiger partial charge in [-0.05, 0) is 43.0 Å². The van der Waals surface area contributed by atoms with E-state index in [9.17, 15) is 0 Å². The predicted octanol–water partition coefficient (Wildman–Crippen LogP) is 2.17. The van der Waals surface area contributed by atoms with Crippen molar-refractivity contribution in [2.24, 2.45) is 0 Å². The summed E-state index contributed by atoms with van der Waals surface area (Å²) in [6.45, 7) is 2.75. The maximum Gasteiger partial charge on any atom is 0.197 e. The van der Waals surface area contributed by atoms with Crippen molar-refractivity contribution >= 4 is 11.8 Å². The highest BCUT2D eigenvalue weighted by Crippen LogP contribution is 2.27. The first-order valence-electron chi connectivity index (χ1n) is 6.57. The molecule has 0 aliphatic carbocycles. The molecule has 3 aromatic rings. The number of nitriles is 1. The Morgan fingerprint density at radius 1 is 1.18 bits per heavy atom. The Morgan fingerprint density at radius 2 is 2.09 bits per heavy atom. The van der Waals surface area contributed by atoms with E-state index in [2.05, 4.69) is 25.4 Å². The Bertz CT molecular complexity index is 805. The highest BCUT2D eigenvalue weighted by atomic mass is 32.2. The molecule has 0 radical (unpaired) electrons. The Balaban J connectivity index is 1.91. The van der Waals surface area contributed by atoms with E-state index in [0.717, 1.165) is 23.1 Å². The van der Waals surface area contributed by atoms with Gasteiger partial charge in [0.05, 0.1) is 0 Å². The second-order valence-corrected chi connectivity index (χ2v) is 5.25. The lowest BCUT2D eigenvalue weighted by Crippen LogP contribution is -2.00. The number of nitrogens with zero attached hydrogens (tertiary/aromatic N) is 7. The molecular formula is C14H11N7S. The number of hydrogen-bond acceptors (Lipinski definition) is 7. The minimum atomic E-state index is 0.289. The minimum absolute atomic E-state index is 0.289. The average molecular weight is 309 g/mol. The second-order valence-electron chi connectivity index (χ2n) is 4.26. The van der Waals surface area contributed by atoms with E-state index in [0.29, 0.717) is 5.03 Å². The summed E-state index contributed by atoms with van der Waals surface area (Å²) in [6.07, 6.45) is 3.48. The van der Waals surface area contributed by atoms with E-state index in [1.807, 2.05) is 29.7 Å². The molecule has 0 aliphatic heterocycles. The molecular weight excluding hydrogens is 298 g/mol. The Labute approximate surface area is 131 Å². The van der Waals surface area contributed by atoms with Crippen LogP contribution in [-0.4, -0.2) is 29.9 Å². The first kappa shape index (κ1) is 14.2. The fraction of sp³-hybridized carbons (Fsp3) is 0.143. The van der Waals surface area contributed by atoms with E-state index >= 15 is 0 Å². The van der Waals surface area contributed by atoms with Crippen LogP contribution in [0.25, 0.3) is 11.4 Å². The van der Waals surface area contributed by atoms with Crippen molar-refractivity contribution in [3.8, 4) is 17.5 Å². The molecule has 7 nitrogen and oxygen atoms in total. The van der Waals surface area contributed by atoms with Gasteiger partial charge in [-0.25, -0.2) is 0 Å². The molecule has 0 unspecified atom stereocenters. The molecule has 0 bridgehead atoms. The van der Waals surface area contributed by atoms with Gasteiger partial charge in [-0.3, -0.25) is 4.98 Å². The molecule has 0 amide bonds. The average Bonchev–Trinajstić information content (AvgIpc) is 2.99. The summed E-state index contributed by atoms with van der Waals surface area (Å²) in [5.74, 6) is 0.764. The van der Waals surface area contributed by atoms with Gasteiger partial charge in [-0.2, -0.15) is 5.26 Å². The lowest BCUT2D eigenvalue weighted by molar-refractivity contribution is 0.686. The Kier molecular flexibility index (Phi) is 4.07. The topological polar surface area (TPSA) is 93.2 Å². The summed E-state index contributed by atoms with van der Waals surface area (Å²) in [6, 6.07) is 9.12. The zero-order valence-electron chi connectivity index (χ0n) is 11.7. The first-order valence-corrected chi connectivity index (χ1v) is 7.38. The summed E-state index contributed by atoms with van der Waals surface area (Å²) in [5.41, 5.74) is 1.20. The zero-order valence-corrected chi connectivity index (χ0v) is 12.5. The molecule has 0 N–H and O–H groups in total. The smallest absolute Gasteiger partial charge is 0.197 e. The van der Waals surface area contributed by atoms with E-state index in [4.69, 9.17) is 5.26 Å². The van der Waals surface area contributed by atoms with Gasteiger partial charge in [0.15, 0.2) is 16.7 Å². The molecule has 3 rings (SSSR count). The lowest BCUT2D eigenvalue weighted by Gasteiger charge is -2.06. The molecule has 3 heterocycles. The van der Waals surface area contributed by atoms with Crippen LogP contribution in [0, 0.1) is 11.3 Å². The summed E-state index contributed by atoms with van der Waals surface area (Å²) in [4.78, 5) is 4.11. The van der Waals surface area contributed by atoms with Crippen LogP contribution < -0.4 is 0 Å². The van der Waals surface area contributed by atoms with Crippen LogP contribution in [0.2, 0.25) is 0 Å². The van der Waals surface area contributed by atoms with Gasteiger partial charge in [0.2, 0.25) is 0 Å². The molecule has 108 valence electrons. The van der Waals surface area contributed by atoms with Crippen molar-refractivity contribution in [1.82, 2.24) is 29.9 Å². The quantitative estimate of drug-likeness (QED) is 0.729. The number of pyridine rings is 1. The molecule has 0 saturated heterocycles. The Hall–Kier alpha value is -2.79. The summed E-state index contributed by atoms with van der Waals surface area (Å²) < 4.78 is 1.99. The van der Waals surface area contributed by atoms with Gasteiger partial charge < -0.3 is 4.57 Å². The maximum absolute atomic E-state index is 8.74. The van der Waals surface area contributed by atoms with Gasteiger partial charge >= 0.3 is 0 Å². The molecule has 0 fully saturated rings. The van der Waals surface area contributed by atoms with E-state index in [-0.39, 0.29) is 5.69 Å². The van der Waals surface area contributed by atoms with Crippen molar-refractivity contribution in [1.29, 1.82) is 5.26 Å². The predicted molar refractivity (Wildman–Crippen MR) is 79.8 cm³/mol. The normalized spacial score (nSPS) is 10.4. The van der Waals surface area contributed by atoms with E-state index in [1.54, 1.807) is 24.5 Å². The van der Waals surface area contributed by atoms with Crippen molar-refractivity contribution < 1.29 is 0 Å². The number of hydrogen-bond donors (Lipinski definition) is 0. The fourth-order valence-electron chi connectivity index (χ4n) is 1.89. The minimum Gasteiger partial charge on any atom is -0.302 e. The third-order valence-corrected chi connectivity index (χ3v) is 3.81. The Morgan fingerprint density at radius 3 is 2.73 bits per heavy atom. The first-order chi connectivity index (χ1) is 10.8. The third-order valence-electron chi connectivity index (χ3n) is 2.90. The molecule has 3 aromatic heterocycles. The molecule has 0 aliphatic rings. The van der Waals surface area contributed by atoms with Crippen LogP contribution in [0.1, 0.15) is 12.6 Å². The molecule has 0 saturated carbocycles. The largest absolute Gasteiger partial charge is 0.302 e. The second kappa shape index (κ2) is 6.32. The van der Waals surface area contributed by atoms with Gasteiger partial charge in [-0.1, -0.05) is 0 Å². The van der Waals surface area contributed by atoms with Crippen LogP contribution in [0.5, 0.6) is 0 Å². The van der Waals surface area contributed by atoms with Gasteiger partial charge in [-0.15, -0.1) is 20.4 Å². The van der Waals surface area contributed by atoms with Crippen molar-refractivity contribution in [2.75, 3.05) is 0 Å². The van der Waals surface area contributed by atoms with Crippen molar-refractivity contribution in [3.05, 3.63) is 42.4 Å². The highest BCUT2D eigenvalue weighted by Gasteiger charge is 2.14. The monoisotopic (exact) mass is 309 g/mol. The zero-order chi connectivity index (χ0) is 15.4. The summed E-state index contributed by atoms with van der Waals surface area (Å²) in [5, 5.41) is 26.4. The number of rotatable bonds is 4. The SMILES string of the molecule is CCn1c(Sc2ccc(C#N)nn2)nnc1-c1cccnc1. The van der Waals surface area contributed by atoms with Crippen LogP contribution in [-0.2, 0) is 6.54 Å². The van der Waals surface area contributed by atoms with Gasteiger partial charge in [0.25, 0.3) is 0 Å². The van der Waals surface area contributed by atoms with Crippen molar-refractivity contribution in [3.63, 3.8) is 0 Å². The van der Waals surface area contributed by atoms with Crippen LogP contribution in [0.15, 0.2) is 46.8 Å². The highest BCUT2D eigenvalue weighted by molar-refractivity contribution is 7.99.